The van der Waals surface area contributed by atoms with E-state index in [0.29, 0.717) is 18.7 Å². The van der Waals surface area contributed by atoms with Gasteiger partial charge in [0.25, 0.3) is 0 Å². The fourth-order valence-electron chi connectivity index (χ4n) is 2.50. The number of hydrogen-bond donors (Lipinski definition) is 1. The number of aliphatic carboxylic acids is 1. The lowest BCUT2D eigenvalue weighted by molar-refractivity contribution is -0.137. The van der Waals surface area contributed by atoms with E-state index in [9.17, 15) is 4.79 Å². The van der Waals surface area contributed by atoms with E-state index in [1.807, 2.05) is 48.5 Å². The molecule has 0 atom stereocenters. The molecule has 1 N–H and O–H groups in total. The van der Waals surface area contributed by atoms with E-state index in [2.05, 4.69) is 5.16 Å². The summed E-state index contributed by atoms with van der Waals surface area (Å²) in [5.41, 5.74) is 2.53. The maximum absolute atomic E-state index is 10.5. The number of carboxylic acids is 1. The Morgan fingerprint density at radius 3 is 1.81 bits per heavy atom. The predicted molar refractivity (Wildman–Crippen MR) is 104 cm³/mol. The molecule has 144 valence electrons. The van der Waals surface area contributed by atoms with Crippen LogP contribution in [0.25, 0.3) is 0 Å². The van der Waals surface area contributed by atoms with E-state index in [4.69, 9.17) is 19.4 Å². The molecule has 0 amide bonds. The zero-order valence-corrected chi connectivity index (χ0v) is 15.7. The molecule has 0 aliphatic carbocycles. The van der Waals surface area contributed by atoms with Crippen molar-refractivity contribution in [3.05, 3.63) is 59.7 Å². The van der Waals surface area contributed by atoms with Crippen LogP contribution in [0, 0.1) is 0 Å². The normalized spacial score (nSPS) is 10.1. The van der Waals surface area contributed by atoms with Gasteiger partial charge in [0.2, 0.25) is 0 Å². The molecule has 0 saturated heterocycles. The van der Waals surface area contributed by atoms with Gasteiger partial charge in [-0.25, -0.2) is 0 Å². The number of oxime groups is 1. The van der Waals surface area contributed by atoms with Crippen molar-refractivity contribution in [3.8, 4) is 11.5 Å². The highest BCUT2D eigenvalue weighted by molar-refractivity contribution is 6.12. The van der Waals surface area contributed by atoms with Gasteiger partial charge < -0.3 is 19.4 Å². The monoisotopic (exact) mass is 371 g/mol. The van der Waals surface area contributed by atoms with Gasteiger partial charge in [0.05, 0.1) is 14.2 Å². The number of carboxylic acid groups (broad SMARTS) is 1. The molecular formula is C21H25NO5. The molecule has 27 heavy (non-hydrogen) atoms. The molecule has 0 bridgehead atoms. The minimum Gasteiger partial charge on any atom is -0.497 e. The van der Waals surface area contributed by atoms with Crippen molar-refractivity contribution in [3.63, 3.8) is 0 Å². The molecule has 0 fully saturated rings. The summed E-state index contributed by atoms with van der Waals surface area (Å²) in [5.74, 6) is 0.773. The number of ether oxygens (including phenoxy) is 2. The topological polar surface area (TPSA) is 77.4 Å². The standard InChI is InChI=1S/C21H25NO5/c1-25-18-11-7-16(8-12-18)21(17-9-13-19(26-2)14-10-17)22-27-15-5-3-4-6-20(23)24/h7-14H,3-6,15H2,1-2H3,(H,23,24). The van der Waals surface area contributed by atoms with Gasteiger partial charge in [-0.05, 0) is 67.8 Å². The SMILES string of the molecule is COc1ccc(C(=NOCCCCCC(=O)O)c2ccc(OC)cc2)cc1. The number of benzene rings is 2. The lowest BCUT2D eigenvalue weighted by atomic mass is 10.0. The molecular weight excluding hydrogens is 346 g/mol. The maximum Gasteiger partial charge on any atom is 0.303 e. The fraction of sp³-hybridized carbons (Fsp3) is 0.333. The number of hydrogen-bond acceptors (Lipinski definition) is 5. The number of methoxy groups -OCH3 is 2. The van der Waals surface area contributed by atoms with Crippen molar-refractivity contribution in [2.75, 3.05) is 20.8 Å². The van der Waals surface area contributed by atoms with Gasteiger partial charge in [-0.2, -0.15) is 0 Å². The number of carbonyl (C=O) groups is 1. The second kappa shape index (κ2) is 10.9. The first-order valence-corrected chi connectivity index (χ1v) is 8.84. The van der Waals surface area contributed by atoms with Gasteiger partial charge >= 0.3 is 5.97 Å². The summed E-state index contributed by atoms with van der Waals surface area (Å²) in [4.78, 5) is 16.0. The van der Waals surface area contributed by atoms with Gasteiger partial charge in [0.15, 0.2) is 0 Å². The third kappa shape index (κ3) is 6.66. The summed E-state index contributed by atoms with van der Waals surface area (Å²) >= 11 is 0. The third-order valence-electron chi connectivity index (χ3n) is 4.01. The molecule has 0 unspecified atom stereocenters. The summed E-state index contributed by atoms with van der Waals surface area (Å²) in [5, 5.41) is 13.0. The van der Waals surface area contributed by atoms with E-state index in [1.54, 1.807) is 14.2 Å². The Kier molecular flexibility index (Phi) is 8.16. The zero-order chi connectivity index (χ0) is 19.5. The molecule has 6 heteroatoms. The molecule has 2 aromatic rings. The Morgan fingerprint density at radius 2 is 1.37 bits per heavy atom. The highest BCUT2D eigenvalue weighted by Crippen LogP contribution is 2.19. The molecule has 0 radical (unpaired) electrons. The van der Waals surface area contributed by atoms with Gasteiger partial charge in [0, 0.05) is 17.5 Å². The summed E-state index contributed by atoms with van der Waals surface area (Å²) in [7, 11) is 3.25. The molecule has 0 spiro atoms. The Bertz CT molecular complexity index is 689. The first-order chi connectivity index (χ1) is 13.1. The van der Waals surface area contributed by atoms with Gasteiger partial charge in [-0.15, -0.1) is 0 Å². The van der Waals surface area contributed by atoms with Crippen LogP contribution in [0.1, 0.15) is 36.8 Å². The second-order valence-corrected chi connectivity index (χ2v) is 5.93. The van der Waals surface area contributed by atoms with Gasteiger partial charge in [-0.3, -0.25) is 4.79 Å². The number of rotatable bonds is 11. The van der Waals surface area contributed by atoms with Gasteiger partial charge in [0.1, 0.15) is 23.8 Å². The van der Waals surface area contributed by atoms with E-state index in [-0.39, 0.29) is 6.42 Å². The van der Waals surface area contributed by atoms with Crippen molar-refractivity contribution in [2.45, 2.75) is 25.7 Å². The third-order valence-corrected chi connectivity index (χ3v) is 4.01. The zero-order valence-electron chi connectivity index (χ0n) is 15.7. The highest BCUT2D eigenvalue weighted by Gasteiger charge is 2.09. The molecule has 2 rings (SSSR count). The molecule has 0 aliphatic rings. The van der Waals surface area contributed by atoms with E-state index >= 15 is 0 Å². The van der Waals surface area contributed by atoms with Crippen LogP contribution in [-0.4, -0.2) is 37.6 Å². The number of nitrogens with zero attached hydrogens (tertiary/aromatic N) is 1. The van der Waals surface area contributed by atoms with Crippen molar-refractivity contribution in [2.24, 2.45) is 5.16 Å². The summed E-state index contributed by atoms with van der Waals surface area (Å²) in [6.45, 7) is 0.440. The van der Waals surface area contributed by atoms with E-state index in [0.717, 1.165) is 35.5 Å². The van der Waals surface area contributed by atoms with Crippen LogP contribution in [0.4, 0.5) is 0 Å². The van der Waals surface area contributed by atoms with E-state index < -0.39 is 5.97 Å². The van der Waals surface area contributed by atoms with Crippen LogP contribution in [-0.2, 0) is 9.63 Å². The van der Waals surface area contributed by atoms with Crippen LogP contribution < -0.4 is 9.47 Å². The van der Waals surface area contributed by atoms with Crippen molar-refractivity contribution < 1.29 is 24.2 Å². The van der Waals surface area contributed by atoms with Crippen molar-refractivity contribution in [1.82, 2.24) is 0 Å². The minimum absolute atomic E-state index is 0.187. The predicted octanol–water partition coefficient (Wildman–Crippen LogP) is 4.12. The van der Waals surface area contributed by atoms with Crippen LogP contribution in [0.2, 0.25) is 0 Å². The quantitative estimate of drug-likeness (QED) is 0.365. The average molecular weight is 371 g/mol. The molecule has 0 aliphatic heterocycles. The Hall–Kier alpha value is -3.02. The smallest absolute Gasteiger partial charge is 0.303 e. The lowest BCUT2D eigenvalue weighted by Gasteiger charge is -2.09. The second-order valence-electron chi connectivity index (χ2n) is 5.93. The van der Waals surface area contributed by atoms with Crippen molar-refractivity contribution >= 4 is 11.7 Å². The first-order valence-electron chi connectivity index (χ1n) is 8.84. The highest BCUT2D eigenvalue weighted by atomic mass is 16.6. The Labute approximate surface area is 159 Å². The van der Waals surface area contributed by atoms with Crippen LogP contribution >= 0.6 is 0 Å². The van der Waals surface area contributed by atoms with Crippen LogP contribution in [0.5, 0.6) is 11.5 Å². The van der Waals surface area contributed by atoms with E-state index in [1.165, 1.54) is 0 Å². The van der Waals surface area contributed by atoms with Crippen LogP contribution in [0.3, 0.4) is 0 Å². The molecule has 0 heterocycles. The fourth-order valence-corrected chi connectivity index (χ4v) is 2.50. The summed E-state index contributed by atoms with van der Waals surface area (Å²) in [6, 6.07) is 15.2. The lowest BCUT2D eigenvalue weighted by Crippen LogP contribution is -2.05. The first kappa shape index (κ1) is 20.3. The molecule has 6 nitrogen and oxygen atoms in total. The Morgan fingerprint density at radius 1 is 0.852 bits per heavy atom. The Balaban J connectivity index is 2.07. The van der Waals surface area contributed by atoms with Gasteiger partial charge in [-0.1, -0.05) is 5.16 Å². The number of unbranched alkanes of at least 4 members (excludes halogenated alkanes) is 2. The van der Waals surface area contributed by atoms with Crippen molar-refractivity contribution in [1.29, 1.82) is 0 Å². The average Bonchev–Trinajstić information content (AvgIpc) is 2.70. The summed E-state index contributed by atoms with van der Waals surface area (Å²) < 4.78 is 10.4. The molecule has 0 saturated carbocycles. The molecule has 0 aromatic heterocycles. The molecule has 2 aromatic carbocycles. The van der Waals surface area contributed by atoms with Crippen LogP contribution in [0.15, 0.2) is 53.7 Å². The largest absolute Gasteiger partial charge is 0.497 e. The minimum atomic E-state index is -0.768. The summed E-state index contributed by atoms with van der Waals surface area (Å²) in [6.07, 6.45) is 2.38. The maximum atomic E-state index is 10.5.